The zero-order valence-electron chi connectivity index (χ0n) is 20.1. The van der Waals surface area contributed by atoms with Gasteiger partial charge in [0.25, 0.3) is 5.91 Å². The highest BCUT2D eigenvalue weighted by molar-refractivity contribution is 8.01. The average Bonchev–Trinajstić information content (AvgIpc) is 3.61. The fourth-order valence-corrected chi connectivity index (χ4v) is 7.54. The number of hydrogen-bond donors (Lipinski definition) is 5. The second-order valence-electron chi connectivity index (χ2n) is 8.22. The molecule has 0 radical (unpaired) electrons. The van der Waals surface area contributed by atoms with E-state index in [0.717, 1.165) is 23.1 Å². The maximum absolute atomic E-state index is 13.1. The van der Waals surface area contributed by atoms with Crippen LogP contribution >= 0.6 is 34.9 Å². The smallest absolute Gasteiger partial charge is 0.313 e. The molecule has 39 heavy (non-hydrogen) atoms. The number of tetrazole rings is 1. The van der Waals surface area contributed by atoms with Crippen molar-refractivity contribution in [1.29, 1.82) is 0 Å². The number of nitrogens with zero attached hydrogens (tertiary/aromatic N) is 6. The Kier molecular flexibility index (Phi) is 9.15. The van der Waals surface area contributed by atoms with Gasteiger partial charge in [0, 0.05) is 29.5 Å². The summed E-state index contributed by atoms with van der Waals surface area (Å²) in [5.41, 5.74) is -1.49. The normalized spacial score (nSPS) is 23.3. The number of hydrogen-bond acceptors (Lipinski definition) is 14. The lowest BCUT2D eigenvalue weighted by atomic mass is 9.82. The van der Waals surface area contributed by atoms with Gasteiger partial charge in [-0.25, -0.2) is 4.98 Å². The predicted octanol–water partition coefficient (Wildman–Crippen LogP) is -0.855. The van der Waals surface area contributed by atoms with E-state index in [0.29, 0.717) is 6.41 Å². The number of aliphatic hydroxyl groups is 1. The van der Waals surface area contributed by atoms with Gasteiger partial charge < -0.3 is 30.6 Å². The zero-order valence-corrected chi connectivity index (χ0v) is 22.5. The van der Waals surface area contributed by atoms with Crippen LogP contribution < -0.4 is 10.6 Å². The van der Waals surface area contributed by atoms with Crippen molar-refractivity contribution < 1.29 is 34.2 Å². The number of thioether (sulfide) groups is 2. The van der Waals surface area contributed by atoms with Gasteiger partial charge in [-0.2, -0.15) is 5.21 Å². The SMILES string of the molecule is C=CCON=C(C(=O)NC1C(=O)N2CC(C(=O)O)(C(CCO)Sc3nn[nH]n3)CS[C@H]12)c1csc(NC=O)n1. The summed E-state index contributed by atoms with van der Waals surface area (Å²) < 4.78 is 0. The van der Waals surface area contributed by atoms with Gasteiger partial charge in [-0.05, 0) is 11.6 Å². The number of thiazole rings is 1. The van der Waals surface area contributed by atoms with Crippen molar-refractivity contribution in [3.05, 3.63) is 23.7 Å². The summed E-state index contributed by atoms with van der Waals surface area (Å²) in [5.74, 6) is -2.22. The fraction of sp³-hybridized carbons (Fsp3) is 0.450. The van der Waals surface area contributed by atoms with Gasteiger partial charge in [-0.15, -0.1) is 33.3 Å². The van der Waals surface area contributed by atoms with Crippen LogP contribution in [0.1, 0.15) is 12.1 Å². The van der Waals surface area contributed by atoms with Gasteiger partial charge in [-0.3, -0.25) is 19.2 Å². The number of carboxylic acid groups (broad SMARTS) is 1. The number of carbonyl (C=O) groups is 4. The van der Waals surface area contributed by atoms with Crippen LogP contribution in [0.5, 0.6) is 0 Å². The molecule has 0 bridgehead atoms. The molecule has 0 aliphatic carbocycles. The van der Waals surface area contributed by atoms with Crippen molar-refractivity contribution in [3.63, 3.8) is 0 Å². The lowest BCUT2D eigenvalue weighted by Crippen LogP contribution is -2.75. The first kappa shape index (κ1) is 28.5. The quantitative estimate of drug-likeness (QED) is 0.0340. The van der Waals surface area contributed by atoms with Crippen LogP contribution in [-0.4, -0.2) is 113 Å². The van der Waals surface area contributed by atoms with Crippen molar-refractivity contribution >= 4 is 69.9 Å². The van der Waals surface area contributed by atoms with Gasteiger partial charge >= 0.3 is 5.97 Å². The second-order valence-corrected chi connectivity index (χ2v) is 11.4. The second kappa shape index (κ2) is 12.5. The van der Waals surface area contributed by atoms with Crippen molar-refractivity contribution in [2.45, 2.75) is 28.2 Å². The lowest BCUT2D eigenvalue weighted by Gasteiger charge is -2.55. The summed E-state index contributed by atoms with van der Waals surface area (Å²) in [6.45, 7) is 3.13. The molecule has 0 spiro atoms. The van der Waals surface area contributed by atoms with Gasteiger partial charge in [0.2, 0.25) is 17.5 Å². The van der Waals surface area contributed by atoms with E-state index < -0.39 is 39.9 Å². The molecule has 4 heterocycles. The topological polar surface area (TPSA) is 225 Å². The lowest BCUT2D eigenvalue weighted by molar-refractivity contribution is -0.158. The molecule has 2 aliphatic rings. The molecule has 3 unspecified atom stereocenters. The molecule has 0 aromatic carbocycles. The Bertz CT molecular complexity index is 1260. The molecule has 3 amide bonds. The average molecular weight is 598 g/mol. The largest absolute Gasteiger partial charge is 0.481 e. The number of amides is 3. The molecule has 2 aromatic heterocycles. The van der Waals surface area contributed by atoms with Gasteiger partial charge in [0.15, 0.2) is 10.8 Å². The summed E-state index contributed by atoms with van der Waals surface area (Å²) in [6.07, 6.45) is 2.00. The molecule has 2 aromatic rings. The standard InChI is InChI=1S/C20H23N9O7S3/c1-2-5-36-26-12(10-6-37-18(22-10)21-9-31)14(32)23-13-15(33)29-7-20(17(34)35,8-38-16(13)29)11(3-4-30)39-19-24-27-28-25-19/h2,6,9,11,13,16,30H,1,3-5,7-8H2,(H,23,32)(H,34,35)(H,21,22,31)(H,24,25,27,28)/t11?,13?,16-,20?/m1/s1. The van der Waals surface area contributed by atoms with Crippen molar-refractivity contribution in [2.75, 3.05) is 30.8 Å². The minimum atomic E-state index is -1.41. The number of anilines is 1. The van der Waals surface area contributed by atoms with Crippen molar-refractivity contribution in [2.24, 2.45) is 10.6 Å². The summed E-state index contributed by atoms with van der Waals surface area (Å²) in [6, 6.07) is -0.939. The first-order valence-electron chi connectivity index (χ1n) is 11.3. The predicted molar refractivity (Wildman–Crippen MR) is 140 cm³/mol. The Morgan fingerprint density at radius 1 is 1.49 bits per heavy atom. The van der Waals surface area contributed by atoms with Gasteiger partial charge in [0.05, 0.1) is 0 Å². The Labute approximate surface area is 233 Å². The van der Waals surface area contributed by atoms with Crippen LogP contribution in [0, 0.1) is 5.41 Å². The number of nitrogens with one attached hydrogen (secondary N) is 3. The summed E-state index contributed by atoms with van der Waals surface area (Å²) in [7, 11) is 0. The van der Waals surface area contributed by atoms with Gasteiger partial charge in [0.1, 0.15) is 29.1 Å². The van der Waals surface area contributed by atoms with Crippen molar-refractivity contribution in [3.8, 4) is 0 Å². The van der Waals surface area contributed by atoms with Crippen LogP contribution in [0.3, 0.4) is 0 Å². The molecular formula is C20H23N9O7S3. The maximum atomic E-state index is 13.1. The number of carbonyl (C=O) groups excluding carboxylic acids is 3. The molecule has 208 valence electrons. The molecular weight excluding hydrogens is 574 g/mol. The highest BCUT2D eigenvalue weighted by Crippen LogP contribution is 2.48. The molecule has 16 nitrogen and oxygen atoms in total. The molecule has 4 atom stereocenters. The van der Waals surface area contributed by atoms with Gasteiger partial charge in [-0.1, -0.05) is 29.6 Å². The van der Waals surface area contributed by atoms with E-state index in [4.69, 9.17) is 4.84 Å². The third-order valence-electron chi connectivity index (χ3n) is 5.89. The summed E-state index contributed by atoms with van der Waals surface area (Å²) >= 11 is 3.34. The minimum Gasteiger partial charge on any atom is -0.481 e. The molecule has 2 aliphatic heterocycles. The fourth-order valence-electron chi connectivity index (χ4n) is 4.02. The molecule has 0 saturated carbocycles. The number of β-lactam (4-membered cyclic amide) rings is 1. The van der Waals surface area contributed by atoms with Crippen molar-refractivity contribution in [1.82, 2.24) is 35.8 Å². The zero-order chi connectivity index (χ0) is 28.0. The van der Waals surface area contributed by atoms with E-state index in [2.05, 4.69) is 48.0 Å². The Balaban J connectivity index is 1.49. The number of H-pyrrole nitrogens is 1. The number of aromatic nitrogens is 5. The minimum absolute atomic E-state index is 0.0170. The molecule has 19 heteroatoms. The van der Waals surface area contributed by atoms with E-state index in [9.17, 15) is 29.4 Å². The van der Waals surface area contributed by atoms with E-state index in [1.807, 2.05) is 0 Å². The molecule has 2 fully saturated rings. The highest BCUT2D eigenvalue weighted by Gasteiger charge is 2.60. The molecule has 5 N–H and O–H groups in total. The van der Waals surface area contributed by atoms with Crippen LogP contribution in [-0.2, 0) is 24.0 Å². The first-order chi connectivity index (χ1) is 18.8. The number of aromatic amines is 1. The number of aliphatic hydroxyl groups excluding tert-OH is 1. The van der Waals surface area contributed by atoms with Crippen LogP contribution in [0.4, 0.5) is 5.13 Å². The Hall–Kier alpha value is -3.55. The summed E-state index contributed by atoms with van der Waals surface area (Å²) in [4.78, 5) is 60.1. The Morgan fingerprint density at radius 3 is 2.97 bits per heavy atom. The Morgan fingerprint density at radius 2 is 2.31 bits per heavy atom. The maximum Gasteiger partial charge on any atom is 0.313 e. The van der Waals surface area contributed by atoms with E-state index >= 15 is 0 Å². The molecule has 4 rings (SSSR count). The van der Waals surface area contributed by atoms with E-state index in [1.165, 1.54) is 28.1 Å². The number of rotatable bonds is 14. The van der Waals surface area contributed by atoms with E-state index in [-0.39, 0.29) is 53.6 Å². The number of oxime groups is 1. The third-order valence-corrected chi connectivity index (χ3v) is 9.57. The number of carboxylic acids is 1. The monoisotopic (exact) mass is 597 g/mol. The van der Waals surface area contributed by atoms with Crippen LogP contribution in [0.15, 0.2) is 28.3 Å². The number of aliphatic carboxylic acids is 1. The van der Waals surface area contributed by atoms with Crippen LogP contribution in [0.2, 0.25) is 0 Å². The molecule has 2 saturated heterocycles. The first-order valence-corrected chi connectivity index (χ1v) is 14.1. The van der Waals surface area contributed by atoms with Crippen LogP contribution in [0.25, 0.3) is 0 Å². The highest BCUT2D eigenvalue weighted by atomic mass is 32.2. The number of fused-ring (bicyclic) bond motifs is 1. The van der Waals surface area contributed by atoms with E-state index in [1.54, 1.807) is 0 Å². The third kappa shape index (κ3) is 5.89. The summed E-state index contributed by atoms with van der Waals surface area (Å²) in [5, 5.41) is 43.0.